The number of nitro benzene ring substituents is 1. The van der Waals surface area contributed by atoms with E-state index in [-0.39, 0.29) is 28.6 Å². The molecule has 1 aromatic carbocycles. The molecule has 26 heavy (non-hydrogen) atoms. The molecule has 1 atom stereocenters. The molecule has 2 aliphatic heterocycles. The number of nitrogens with zero attached hydrogens (tertiary/aromatic N) is 2. The molecule has 0 aromatic heterocycles. The van der Waals surface area contributed by atoms with Gasteiger partial charge in [0.1, 0.15) is 6.10 Å². The first kappa shape index (κ1) is 18.7. The van der Waals surface area contributed by atoms with Gasteiger partial charge in [0.25, 0.3) is 11.6 Å². The van der Waals surface area contributed by atoms with Crippen molar-refractivity contribution in [3.05, 3.63) is 34.4 Å². The number of amides is 1. The Balaban J connectivity index is 1.56. The number of nitrogens with one attached hydrogen (secondary N) is 1. The maximum absolute atomic E-state index is 12.4. The van der Waals surface area contributed by atoms with Crippen molar-refractivity contribution < 1.29 is 22.9 Å². The fraction of sp³-hybridized carbons (Fsp3) is 0.562. The second-order valence-electron chi connectivity index (χ2n) is 6.47. The van der Waals surface area contributed by atoms with Gasteiger partial charge in [-0.2, -0.15) is 0 Å². The standard InChI is InChI=1S/C16H21N3O6S/c20-16(15-2-1-11-25-15)18-9-7-12(8-10-18)17-26(23,24)14-5-3-13(4-6-14)19(21)22/h3-6,12,15,17H,1-2,7-11H2. The summed E-state index contributed by atoms with van der Waals surface area (Å²) >= 11 is 0. The third-order valence-electron chi connectivity index (χ3n) is 4.69. The average molecular weight is 383 g/mol. The summed E-state index contributed by atoms with van der Waals surface area (Å²) in [4.78, 5) is 24.1. The van der Waals surface area contributed by atoms with Crippen LogP contribution >= 0.6 is 0 Å². The first-order chi connectivity index (χ1) is 12.4. The Morgan fingerprint density at radius 3 is 2.38 bits per heavy atom. The highest BCUT2D eigenvalue weighted by Crippen LogP contribution is 2.20. The fourth-order valence-corrected chi connectivity index (χ4v) is 4.53. The van der Waals surface area contributed by atoms with E-state index in [1.54, 1.807) is 4.90 Å². The summed E-state index contributed by atoms with van der Waals surface area (Å²) in [6, 6.07) is 4.49. The number of non-ortho nitro benzene ring substituents is 1. The molecule has 2 aliphatic rings. The van der Waals surface area contributed by atoms with E-state index in [1.807, 2.05) is 0 Å². The second kappa shape index (κ2) is 7.68. The molecule has 2 saturated heterocycles. The van der Waals surface area contributed by atoms with Crippen molar-refractivity contribution in [3.8, 4) is 0 Å². The number of carbonyl (C=O) groups excluding carboxylic acids is 1. The largest absolute Gasteiger partial charge is 0.368 e. The average Bonchev–Trinajstić information content (AvgIpc) is 3.16. The van der Waals surface area contributed by atoms with Crippen molar-refractivity contribution in [2.45, 2.75) is 42.7 Å². The molecular weight excluding hydrogens is 362 g/mol. The summed E-state index contributed by atoms with van der Waals surface area (Å²) in [5.41, 5.74) is -0.162. The topological polar surface area (TPSA) is 119 Å². The smallest absolute Gasteiger partial charge is 0.269 e. The predicted molar refractivity (Wildman–Crippen MR) is 92.0 cm³/mol. The number of benzene rings is 1. The summed E-state index contributed by atoms with van der Waals surface area (Å²) in [5, 5.41) is 10.7. The Kier molecular flexibility index (Phi) is 5.54. The van der Waals surface area contributed by atoms with E-state index in [0.29, 0.717) is 32.5 Å². The van der Waals surface area contributed by atoms with Crippen molar-refractivity contribution in [1.82, 2.24) is 9.62 Å². The minimum Gasteiger partial charge on any atom is -0.368 e. The quantitative estimate of drug-likeness (QED) is 0.599. The zero-order valence-electron chi connectivity index (χ0n) is 14.2. The summed E-state index contributed by atoms with van der Waals surface area (Å²) in [7, 11) is -3.76. The van der Waals surface area contributed by atoms with Crippen LogP contribution in [0.15, 0.2) is 29.2 Å². The second-order valence-corrected chi connectivity index (χ2v) is 8.19. The molecule has 10 heteroatoms. The monoisotopic (exact) mass is 383 g/mol. The summed E-state index contributed by atoms with van der Waals surface area (Å²) < 4.78 is 32.9. The van der Waals surface area contributed by atoms with Crippen LogP contribution in [0.4, 0.5) is 5.69 Å². The number of piperidine rings is 1. The first-order valence-electron chi connectivity index (χ1n) is 8.54. The lowest BCUT2D eigenvalue weighted by Crippen LogP contribution is -2.49. The van der Waals surface area contributed by atoms with Gasteiger partial charge < -0.3 is 9.64 Å². The predicted octanol–water partition coefficient (Wildman–Crippen LogP) is 1.04. The van der Waals surface area contributed by atoms with Gasteiger partial charge in [-0.1, -0.05) is 0 Å². The van der Waals surface area contributed by atoms with Gasteiger partial charge in [-0.05, 0) is 37.8 Å². The minimum absolute atomic E-state index is 0.0130. The van der Waals surface area contributed by atoms with Crippen LogP contribution in [0.2, 0.25) is 0 Å². The van der Waals surface area contributed by atoms with E-state index in [2.05, 4.69) is 4.72 Å². The summed E-state index contributed by atoms with van der Waals surface area (Å²) in [5.74, 6) is -0.0147. The minimum atomic E-state index is -3.76. The van der Waals surface area contributed by atoms with Crippen molar-refractivity contribution in [2.75, 3.05) is 19.7 Å². The number of rotatable bonds is 5. The molecule has 0 radical (unpaired) electrons. The molecule has 2 heterocycles. The maximum atomic E-state index is 12.4. The van der Waals surface area contributed by atoms with Crippen LogP contribution in [0, 0.1) is 10.1 Å². The lowest BCUT2D eigenvalue weighted by molar-refractivity contribution is -0.384. The van der Waals surface area contributed by atoms with Crippen molar-refractivity contribution in [2.24, 2.45) is 0 Å². The lowest BCUT2D eigenvalue weighted by atomic mass is 10.1. The van der Waals surface area contributed by atoms with Crippen molar-refractivity contribution in [1.29, 1.82) is 0 Å². The highest BCUT2D eigenvalue weighted by Gasteiger charge is 2.32. The van der Waals surface area contributed by atoms with E-state index < -0.39 is 14.9 Å². The number of sulfonamides is 1. The lowest BCUT2D eigenvalue weighted by Gasteiger charge is -2.33. The highest BCUT2D eigenvalue weighted by molar-refractivity contribution is 7.89. The van der Waals surface area contributed by atoms with Gasteiger partial charge in [0.05, 0.1) is 9.82 Å². The number of carbonyl (C=O) groups is 1. The molecule has 1 amide bonds. The number of hydrogen-bond acceptors (Lipinski definition) is 6. The third kappa shape index (κ3) is 4.19. The molecule has 0 saturated carbocycles. The summed E-state index contributed by atoms with van der Waals surface area (Å²) in [6.45, 7) is 1.57. The Hall–Kier alpha value is -2.04. The molecule has 9 nitrogen and oxygen atoms in total. The van der Waals surface area contributed by atoms with E-state index in [9.17, 15) is 23.3 Å². The molecule has 0 spiro atoms. The summed E-state index contributed by atoms with van der Waals surface area (Å²) in [6.07, 6.45) is 2.31. The zero-order chi connectivity index (χ0) is 18.7. The van der Waals surface area contributed by atoms with Crippen LogP contribution in [-0.2, 0) is 19.6 Å². The van der Waals surface area contributed by atoms with Gasteiger partial charge in [0, 0.05) is 37.9 Å². The van der Waals surface area contributed by atoms with E-state index in [1.165, 1.54) is 12.1 Å². The highest BCUT2D eigenvalue weighted by atomic mass is 32.2. The van der Waals surface area contributed by atoms with Gasteiger partial charge in [-0.15, -0.1) is 0 Å². The van der Waals surface area contributed by atoms with Gasteiger partial charge in [-0.25, -0.2) is 13.1 Å². The first-order valence-corrected chi connectivity index (χ1v) is 10.0. The maximum Gasteiger partial charge on any atom is 0.269 e. The van der Waals surface area contributed by atoms with Crippen molar-refractivity contribution in [3.63, 3.8) is 0 Å². The van der Waals surface area contributed by atoms with Crippen LogP contribution in [0.1, 0.15) is 25.7 Å². The van der Waals surface area contributed by atoms with Crippen molar-refractivity contribution >= 4 is 21.6 Å². The molecule has 1 aromatic rings. The van der Waals surface area contributed by atoms with Crippen LogP contribution in [0.25, 0.3) is 0 Å². The SMILES string of the molecule is O=C(C1CCCO1)N1CCC(NS(=O)(=O)c2ccc([N+](=O)[O-])cc2)CC1. The van der Waals surface area contributed by atoms with Gasteiger partial charge in [0.15, 0.2) is 0 Å². The van der Waals surface area contributed by atoms with E-state index in [0.717, 1.165) is 25.0 Å². The van der Waals surface area contributed by atoms with Gasteiger partial charge in [-0.3, -0.25) is 14.9 Å². The molecule has 3 rings (SSSR count). The molecule has 0 aliphatic carbocycles. The Bertz CT molecular complexity index is 766. The van der Waals surface area contributed by atoms with Crippen LogP contribution < -0.4 is 4.72 Å². The number of hydrogen-bond donors (Lipinski definition) is 1. The molecule has 2 fully saturated rings. The molecule has 142 valence electrons. The zero-order valence-corrected chi connectivity index (χ0v) is 15.0. The fourth-order valence-electron chi connectivity index (χ4n) is 3.23. The molecule has 1 N–H and O–H groups in total. The number of likely N-dealkylation sites (tertiary alicyclic amines) is 1. The number of ether oxygens (including phenoxy) is 1. The normalized spacial score (nSPS) is 21.7. The van der Waals surface area contributed by atoms with E-state index >= 15 is 0 Å². The van der Waals surface area contributed by atoms with Crippen LogP contribution in [0.3, 0.4) is 0 Å². The molecule has 1 unspecified atom stereocenters. The van der Waals surface area contributed by atoms with Gasteiger partial charge in [0.2, 0.25) is 10.0 Å². The van der Waals surface area contributed by atoms with Crippen LogP contribution in [-0.4, -0.2) is 56.0 Å². The number of nitro groups is 1. The van der Waals surface area contributed by atoms with E-state index in [4.69, 9.17) is 4.74 Å². The Morgan fingerprint density at radius 2 is 1.85 bits per heavy atom. The Labute approximate surface area is 151 Å². The van der Waals surface area contributed by atoms with Gasteiger partial charge >= 0.3 is 0 Å². The molecule has 0 bridgehead atoms. The Morgan fingerprint density at radius 1 is 1.19 bits per heavy atom. The molecular formula is C16H21N3O6S. The third-order valence-corrected chi connectivity index (χ3v) is 6.23. The van der Waals surface area contributed by atoms with Crippen LogP contribution in [0.5, 0.6) is 0 Å².